The molecule has 0 aromatic rings. The van der Waals surface area contributed by atoms with Crippen molar-refractivity contribution in [3.8, 4) is 0 Å². The highest BCUT2D eigenvalue weighted by Gasteiger charge is 2.30. The van der Waals surface area contributed by atoms with E-state index in [-0.39, 0.29) is 25.7 Å². The maximum atomic E-state index is 13.1. The molecule has 0 aliphatic carbocycles. The van der Waals surface area contributed by atoms with Crippen LogP contribution < -0.4 is 0 Å². The van der Waals surface area contributed by atoms with Crippen LogP contribution >= 0.6 is 15.6 Å². The first kappa shape index (κ1) is 97.6. The van der Waals surface area contributed by atoms with Gasteiger partial charge in [-0.25, -0.2) is 9.13 Å². The molecule has 104 heavy (non-hydrogen) atoms. The first-order valence-corrected chi connectivity index (χ1v) is 41.3. The molecule has 19 heteroatoms. The van der Waals surface area contributed by atoms with E-state index in [1.54, 1.807) is 6.08 Å². The molecule has 0 spiro atoms. The van der Waals surface area contributed by atoms with Crippen molar-refractivity contribution >= 4 is 39.5 Å². The number of carbonyl (C=O) groups is 4. The van der Waals surface area contributed by atoms with Gasteiger partial charge in [0, 0.05) is 19.3 Å². The molecule has 17 nitrogen and oxygen atoms in total. The van der Waals surface area contributed by atoms with Gasteiger partial charge in [-0.15, -0.1) is 0 Å². The molecule has 0 amide bonds. The molecule has 5 atom stereocenters. The quantitative estimate of drug-likeness (QED) is 0.0169. The van der Waals surface area contributed by atoms with E-state index >= 15 is 0 Å². The molecule has 0 saturated heterocycles. The molecule has 3 N–H and O–H groups in total. The molecule has 0 aromatic heterocycles. The first-order valence-electron chi connectivity index (χ1n) is 38.3. The smallest absolute Gasteiger partial charge is 0.462 e. The molecule has 0 saturated carbocycles. The van der Waals surface area contributed by atoms with Crippen molar-refractivity contribution in [2.24, 2.45) is 0 Å². The Morgan fingerprint density at radius 3 is 0.913 bits per heavy atom. The fourth-order valence-corrected chi connectivity index (χ4v) is 10.6. The Labute approximate surface area is 627 Å². The van der Waals surface area contributed by atoms with Crippen LogP contribution in [0.4, 0.5) is 0 Å². The summed E-state index contributed by atoms with van der Waals surface area (Å²) < 4.78 is 68.2. The number of carbonyl (C=O) groups excluding carboxylic acids is 4. The van der Waals surface area contributed by atoms with Gasteiger partial charge in [-0.3, -0.25) is 37.3 Å². The monoisotopic (exact) mass is 1490 g/mol. The third-order valence-corrected chi connectivity index (χ3v) is 16.7. The number of phosphoric ester groups is 2. The summed E-state index contributed by atoms with van der Waals surface area (Å²) >= 11 is 0. The lowest BCUT2D eigenvalue weighted by Gasteiger charge is -2.21. The van der Waals surface area contributed by atoms with Gasteiger partial charge in [-0.2, -0.15) is 0 Å². The van der Waals surface area contributed by atoms with Crippen LogP contribution in [0.25, 0.3) is 0 Å². The minimum Gasteiger partial charge on any atom is -0.462 e. The average molecular weight is 1490 g/mol. The zero-order valence-electron chi connectivity index (χ0n) is 63.6. The van der Waals surface area contributed by atoms with Crippen LogP contribution in [0.3, 0.4) is 0 Å². The average Bonchev–Trinajstić information content (AvgIpc) is 0.928. The summed E-state index contributed by atoms with van der Waals surface area (Å²) in [5.74, 6) is -2.50. The summed E-state index contributed by atoms with van der Waals surface area (Å²) in [5.41, 5.74) is 0. The van der Waals surface area contributed by atoms with Gasteiger partial charge >= 0.3 is 39.5 Å². The Kier molecular flexibility index (Phi) is 70.3. The summed E-state index contributed by atoms with van der Waals surface area (Å²) in [6, 6.07) is 0. The molecular weight excluding hydrogens is 1350 g/mol. The number of phosphoric acid groups is 2. The van der Waals surface area contributed by atoms with Crippen molar-refractivity contribution in [3.05, 3.63) is 207 Å². The standard InChI is InChI=1S/C85H132O17P2/c1-5-9-13-17-21-25-29-32-35-37-39-41-44-47-51-54-58-62-66-70-83(88)96-76-81(102-85(90)72-68-64-60-56-52-48-45-42-40-38-36-33-30-26-22-18-14-10-6-2)78-100-104(93,94)98-74-79(86)73-97-103(91,92)99-77-80(101-84(89)71-67-63-59-55-49-28-24-20-16-12-8-4)75-95-82(87)69-65-61-57-53-50-46-43-34-31-27-23-19-15-11-7-3/h9-11,13-15,20-27,32-36,39-43,47-48,50-53,58,61-62,65,79-81,86H,5-8,12,16-19,28-31,37-38,44-46,49,54-57,59-60,63-64,66-78H2,1-4H3,(H,91,92)(H,93,94)/b13-9-,14-10-,15-11-,24-20-,25-21-,26-22-,27-23-,35-32-,36-33-,41-39-,42-40-,43-34-,51-47-,52-48-,53-50-,62-58-,65-61-. The Bertz CT molecular complexity index is 2790. The maximum absolute atomic E-state index is 13.1. The number of aliphatic hydroxyl groups excluding tert-OH is 1. The normalized spacial score (nSPS) is 15.0. The zero-order chi connectivity index (χ0) is 76.0. The number of hydrogen-bond donors (Lipinski definition) is 3. The second-order valence-electron chi connectivity index (χ2n) is 24.5. The van der Waals surface area contributed by atoms with Crippen molar-refractivity contribution in [2.45, 2.75) is 264 Å². The maximum Gasteiger partial charge on any atom is 0.472 e. The summed E-state index contributed by atoms with van der Waals surface area (Å²) in [4.78, 5) is 72.8. The highest BCUT2D eigenvalue weighted by atomic mass is 31.2. The molecule has 584 valence electrons. The van der Waals surface area contributed by atoms with Gasteiger partial charge in [0.05, 0.1) is 32.8 Å². The Morgan fingerprint density at radius 1 is 0.288 bits per heavy atom. The van der Waals surface area contributed by atoms with Crippen molar-refractivity contribution in [3.63, 3.8) is 0 Å². The minimum atomic E-state index is -5.02. The van der Waals surface area contributed by atoms with E-state index in [1.165, 1.54) is 6.42 Å². The van der Waals surface area contributed by atoms with Crippen LogP contribution in [0.5, 0.6) is 0 Å². The lowest BCUT2D eigenvalue weighted by Crippen LogP contribution is -2.30. The van der Waals surface area contributed by atoms with Crippen molar-refractivity contribution < 1.29 is 80.2 Å². The third kappa shape index (κ3) is 73.9. The Balaban J connectivity index is 5.54. The molecule has 0 aromatic carbocycles. The van der Waals surface area contributed by atoms with Gasteiger partial charge in [0.15, 0.2) is 12.2 Å². The Hall–Kier alpha value is -6.36. The lowest BCUT2D eigenvalue weighted by atomic mass is 10.1. The number of allylic oxidation sites excluding steroid dienone is 33. The van der Waals surface area contributed by atoms with E-state index in [0.29, 0.717) is 32.1 Å². The van der Waals surface area contributed by atoms with Crippen LogP contribution in [-0.2, 0) is 65.4 Å². The number of unbranched alkanes of at least 4 members (excludes halogenated alkanes) is 10. The van der Waals surface area contributed by atoms with Crippen molar-refractivity contribution in [1.29, 1.82) is 0 Å². The number of ether oxygens (including phenoxy) is 4. The zero-order valence-corrected chi connectivity index (χ0v) is 65.4. The summed E-state index contributed by atoms with van der Waals surface area (Å²) in [7, 11) is -10.0. The largest absolute Gasteiger partial charge is 0.472 e. The molecule has 0 aliphatic heterocycles. The van der Waals surface area contributed by atoms with Crippen LogP contribution in [0.15, 0.2) is 207 Å². The van der Waals surface area contributed by atoms with E-state index < -0.39 is 97.5 Å². The van der Waals surface area contributed by atoms with Crippen LogP contribution in [0, 0.1) is 0 Å². The van der Waals surface area contributed by atoms with Crippen LogP contribution in [0.1, 0.15) is 246 Å². The number of rotatable bonds is 69. The number of esters is 4. The predicted octanol–water partition coefficient (Wildman–Crippen LogP) is 22.3. The second kappa shape index (κ2) is 74.9. The van der Waals surface area contributed by atoms with Crippen molar-refractivity contribution in [1.82, 2.24) is 0 Å². The molecular formula is C85H132O17P2. The van der Waals surface area contributed by atoms with E-state index in [1.807, 2.05) is 36.5 Å². The summed E-state index contributed by atoms with van der Waals surface area (Å²) in [6.07, 6.45) is 93.0. The fraction of sp³-hybridized carbons (Fsp3) is 0.553. The fourth-order valence-electron chi connectivity index (χ4n) is 9.03. The van der Waals surface area contributed by atoms with Gasteiger partial charge < -0.3 is 33.8 Å². The Morgan fingerprint density at radius 2 is 0.558 bits per heavy atom. The van der Waals surface area contributed by atoms with Gasteiger partial charge in [-0.1, -0.05) is 273 Å². The highest BCUT2D eigenvalue weighted by molar-refractivity contribution is 7.47. The SMILES string of the molecule is CC/C=C\C/C=C\C/C=C\C/C=C\C/C=C\C/C=C\CCC(=O)OCC(COP(=O)(O)OCC(O)COP(=O)(O)OCC(COC(=O)C/C=C\C/C=C\C/C=C\C/C=C\C/C=C\CC)OC(=O)CCCCCCC/C=C\CCCC)OC(=O)CCCCC/C=C\C/C=C\C/C=C\C/C=C\C/C=C\CC. The van der Waals surface area contributed by atoms with E-state index in [4.69, 9.17) is 37.0 Å². The molecule has 5 unspecified atom stereocenters. The van der Waals surface area contributed by atoms with E-state index in [0.717, 1.165) is 154 Å². The molecule has 0 fully saturated rings. The predicted molar refractivity (Wildman–Crippen MR) is 426 cm³/mol. The highest BCUT2D eigenvalue weighted by Crippen LogP contribution is 2.45. The topological polar surface area (TPSA) is 237 Å². The van der Waals surface area contributed by atoms with Gasteiger partial charge in [0.1, 0.15) is 19.3 Å². The molecule has 0 bridgehead atoms. The first-order chi connectivity index (χ1) is 50.7. The molecule has 0 radical (unpaired) electrons. The number of hydrogen-bond acceptors (Lipinski definition) is 15. The summed E-state index contributed by atoms with van der Waals surface area (Å²) in [5, 5.41) is 10.6. The summed E-state index contributed by atoms with van der Waals surface area (Å²) in [6.45, 7) is 4.18. The van der Waals surface area contributed by atoms with Crippen molar-refractivity contribution in [2.75, 3.05) is 39.6 Å². The number of aliphatic hydroxyl groups is 1. The van der Waals surface area contributed by atoms with E-state index in [2.05, 4.69) is 192 Å². The van der Waals surface area contributed by atoms with Crippen LogP contribution in [-0.4, -0.2) is 96.7 Å². The second-order valence-corrected chi connectivity index (χ2v) is 27.4. The van der Waals surface area contributed by atoms with E-state index in [9.17, 15) is 43.2 Å². The van der Waals surface area contributed by atoms with Crippen LogP contribution in [0.2, 0.25) is 0 Å². The minimum absolute atomic E-state index is 0.0174. The third-order valence-electron chi connectivity index (χ3n) is 14.8. The lowest BCUT2D eigenvalue weighted by molar-refractivity contribution is -0.161. The molecule has 0 heterocycles. The molecule has 0 aliphatic rings. The van der Waals surface area contributed by atoms with Gasteiger partial charge in [0.2, 0.25) is 0 Å². The van der Waals surface area contributed by atoms with Gasteiger partial charge in [0.25, 0.3) is 0 Å². The van der Waals surface area contributed by atoms with Gasteiger partial charge in [-0.05, 0) is 154 Å². The molecule has 0 rings (SSSR count).